The van der Waals surface area contributed by atoms with Gasteiger partial charge >= 0.3 is 6.09 Å². The first-order chi connectivity index (χ1) is 14.2. The van der Waals surface area contributed by atoms with Crippen LogP contribution in [0.15, 0.2) is 4.99 Å². The highest BCUT2D eigenvalue weighted by Crippen LogP contribution is 2.23. The Bertz CT molecular complexity index is 612. The van der Waals surface area contributed by atoms with E-state index < -0.39 is 16.4 Å². The lowest BCUT2D eigenvalue weighted by Gasteiger charge is -2.34. The maximum atomic E-state index is 12.4. The first-order valence-electron chi connectivity index (χ1n) is 11.6. The second-order valence-corrected chi connectivity index (χ2v) is 11.5. The molecule has 0 aromatic heterocycles. The Morgan fingerprint density at radius 3 is 2.58 bits per heavy atom. The fraction of sp³-hybridized carbons (Fsp3) is 0.909. The zero-order valence-corrected chi connectivity index (χ0v) is 23.1. The Hall–Kier alpha value is -0.580. The maximum Gasteiger partial charge on any atom is 0.410 e. The van der Waals surface area contributed by atoms with E-state index >= 15 is 0 Å². The molecule has 182 valence electrons. The summed E-state index contributed by atoms with van der Waals surface area (Å²) in [6.07, 6.45) is 6.05. The molecule has 4 atom stereocenters. The molecule has 2 fully saturated rings. The van der Waals surface area contributed by atoms with Gasteiger partial charge in [-0.25, -0.2) is 4.79 Å². The number of hydrogen-bond acceptors (Lipinski definition) is 4. The average molecular weight is 571 g/mol. The monoisotopic (exact) mass is 570 g/mol. The fourth-order valence-corrected chi connectivity index (χ4v) is 5.54. The first kappa shape index (κ1) is 28.5. The third-order valence-corrected chi connectivity index (χ3v) is 7.39. The van der Waals surface area contributed by atoms with Gasteiger partial charge in [-0.2, -0.15) is 0 Å². The topological polar surface area (TPSA) is 83.0 Å². The molecular formula is C22H43IN4O3S. The van der Waals surface area contributed by atoms with Gasteiger partial charge < -0.3 is 20.3 Å². The minimum absolute atomic E-state index is 0. The first-order valence-corrected chi connectivity index (χ1v) is 13.0. The lowest BCUT2D eigenvalue weighted by atomic mass is 9.95. The van der Waals surface area contributed by atoms with E-state index in [-0.39, 0.29) is 30.1 Å². The van der Waals surface area contributed by atoms with Gasteiger partial charge in [-0.05, 0) is 65.7 Å². The molecule has 2 rings (SSSR count). The summed E-state index contributed by atoms with van der Waals surface area (Å²) in [6, 6.07) is 0.321. The molecule has 0 aromatic carbocycles. The van der Waals surface area contributed by atoms with Crippen molar-refractivity contribution in [2.45, 2.75) is 90.0 Å². The van der Waals surface area contributed by atoms with Crippen molar-refractivity contribution in [1.82, 2.24) is 15.5 Å². The van der Waals surface area contributed by atoms with Gasteiger partial charge in [-0.1, -0.05) is 13.3 Å². The average Bonchev–Trinajstić information content (AvgIpc) is 2.71. The van der Waals surface area contributed by atoms with Gasteiger partial charge in [0, 0.05) is 54.0 Å². The van der Waals surface area contributed by atoms with Crippen LogP contribution in [-0.2, 0) is 15.5 Å². The Labute approximate surface area is 208 Å². The molecule has 2 aliphatic rings. The van der Waals surface area contributed by atoms with Crippen LogP contribution < -0.4 is 10.6 Å². The van der Waals surface area contributed by atoms with Crippen LogP contribution in [0, 0.1) is 5.92 Å². The van der Waals surface area contributed by atoms with Crippen LogP contribution in [0.25, 0.3) is 0 Å². The van der Waals surface area contributed by atoms with Crippen LogP contribution in [0.3, 0.4) is 0 Å². The number of likely N-dealkylation sites (tertiary alicyclic amines) is 1. The van der Waals surface area contributed by atoms with Crippen molar-refractivity contribution < 1.29 is 13.7 Å². The Kier molecular flexibility index (Phi) is 12.7. The number of aliphatic imine (C=N–C) groups is 1. The van der Waals surface area contributed by atoms with Crippen molar-refractivity contribution in [3.05, 3.63) is 0 Å². The predicted octanol–water partition coefficient (Wildman–Crippen LogP) is 3.89. The minimum atomic E-state index is -0.726. The maximum absolute atomic E-state index is 12.4. The smallest absolute Gasteiger partial charge is 0.410 e. The number of nitrogens with one attached hydrogen (secondary N) is 2. The van der Waals surface area contributed by atoms with Crippen LogP contribution in [-0.4, -0.2) is 70.0 Å². The Balaban J connectivity index is 0.00000480. The van der Waals surface area contributed by atoms with Crippen molar-refractivity contribution in [3.8, 4) is 0 Å². The number of hydrogen-bond donors (Lipinski definition) is 2. The molecule has 0 bridgehead atoms. The number of rotatable bonds is 6. The standard InChI is InChI=1S/C22H42N4O3S.HI/c1-6-23-20(25-18-11-8-12-19(14-18)30(28)7-2)24-15-17-10-9-13-26(16-17)21(27)29-22(3,4)5;/h17-19H,6-16H2,1-5H3,(H2,23,24,25);1H. The van der Waals surface area contributed by atoms with Crippen LogP contribution in [0.4, 0.5) is 4.79 Å². The van der Waals surface area contributed by atoms with Crippen LogP contribution in [0.2, 0.25) is 0 Å². The van der Waals surface area contributed by atoms with Crippen molar-refractivity contribution in [2.75, 3.05) is 31.9 Å². The normalized spacial score (nSPS) is 25.9. The van der Waals surface area contributed by atoms with Gasteiger partial charge in [-0.3, -0.25) is 9.20 Å². The summed E-state index contributed by atoms with van der Waals surface area (Å²) in [6.45, 7) is 12.7. The molecule has 0 spiro atoms. The molecule has 1 amide bonds. The van der Waals surface area contributed by atoms with E-state index in [4.69, 9.17) is 9.73 Å². The quantitative estimate of drug-likeness (QED) is 0.288. The Morgan fingerprint density at radius 1 is 1.19 bits per heavy atom. The lowest BCUT2D eigenvalue weighted by Crippen LogP contribution is -2.47. The van der Waals surface area contributed by atoms with Crippen LogP contribution in [0.1, 0.15) is 73.1 Å². The molecule has 1 heterocycles. The van der Waals surface area contributed by atoms with Gasteiger partial charge in [0.25, 0.3) is 0 Å². The molecule has 0 radical (unpaired) electrons. The number of nitrogens with zero attached hydrogens (tertiary/aromatic N) is 2. The molecule has 0 aromatic rings. The fourth-order valence-electron chi connectivity index (χ4n) is 4.19. The van der Waals surface area contributed by atoms with Crippen LogP contribution in [0.5, 0.6) is 0 Å². The number of guanidine groups is 1. The number of carbonyl (C=O) groups excluding carboxylic acids is 1. The van der Waals surface area contributed by atoms with Crippen molar-refractivity contribution in [3.63, 3.8) is 0 Å². The lowest BCUT2D eigenvalue weighted by molar-refractivity contribution is 0.0170. The molecule has 9 heteroatoms. The van der Waals surface area contributed by atoms with Crippen molar-refractivity contribution in [2.24, 2.45) is 10.9 Å². The third-order valence-electron chi connectivity index (χ3n) is 5.65. The molecule has 7 nitrogen and oxygen atoms in total. The molecule has 4 unspecified atom stereocenters. The third kappa shape index (κ3) is 10.3. The molecule has 1 aliphatic carbocycles. The molecular weight excluding hydrogens is 527 g/mol. The molecule has 1 saturated carbocycles. The predicted molar refractivity (Wildman–Crippen MR) is 140 cm³/mol. The molecule has 31 heavy (non-hydrogen) atoms. The summed E-state index contributed by atoms with van der Waals surface area (Å²) in [4.78, 5) is 19.0. The number of piperidine rings is 1. The summed E-state index contributed by atoms with van der Waals surface area (Å²) in [5.41, 5.74) is -0.469. The van der Waals surface area contributed by atoms with Crippen molar-refractivity contribution >= 4 is 46.8 Å². The highest BCUT2D eigenvalue weighted by atomic mass is 127. The van der Waals surface area contributed by atoms with E-state index in [9.17, 15) is 9.00 Å². The largest absolute Gasteiger partial charge is 0.444 e. The number of carbonyl (C=O) groups is 1. The summed E-state index contributed by atoms with van der Waals surface area (Å²) >= 11 is 0. The SMILES string of the molecule is CCNC(=NCC1CCCN(C(=O)OC(C)(C)C)C1)NC1CCCC(S(=O)CC)C1.I. The van der Waals surface area contributed by atoms with Crippen LogP contribution >= 0.6 is 24.0 Å². The van der Waals surface area contributed by atoms with Gasteiger partial charge in [0.15, 0.2) is 5.96 Å². The van der Waals surface area contributed by atoms with Gasteiger partial charge in [0.05, 0.1) is 0 Å². The minimum Gasteiger partial charge on any atom is -0.444 e. The highest BCUT2D eigenvalue weighted by Gasteiger charge is 2.28. The summed E-state index contributed by atoms with van der Waals surface area (Å²) in [5.74, 6) is 1.91. The van der Waals surface area contributed by atoms with E-state index in [0.717, 1.165) is 63.3 Å². The van der Waals surface area contributed by atoms with E-state index in [1.54, 1.807) is 0 Å². The van der Waals surface area contributed by atoms with E-state index in [2.05, 4.69) is 17.6 Å². The van der Waals surface area contributed by atoms with E-state index in [0.29, 0.717) is 30.3 Å². The second-order valence-electron chi connectivity index (χ2n) is 9.45. The van der Waals surface area contributed by atoms with E-state index in [1.165, 1.54) is 0 Å². The number of ether oxygens (including phenoxy) is 1. The van der Waals surface area contributed by atoms with E-state index in [1.807, 2.05) is 32.6 Å². The summed E-state index contributed by atoms with van der Waals surface area (Å²) < 4.78 is 17.8. The highest BCUT2D eigenvalue weighted by molar-refractivity contribution is 14.0. The van der Waals surface area contributed by atoms with Crippen molar-refractivity contribution in [1.29, 1.82) is 0 Å². The molecule has 2 N–H and O–H groups in total. The van der Waals surface area contributed by atoms with Gasteiger partial charge in [-0.15, -0.1) is 24.0 Å². The zero-order valence-electron chi connectivity index (χ0n) is 19.9. The summed E-state index contributed by atoms with van der Waals surface area (Å²) in [7, 11) is -0.726. The zero-order chi connectivity index (χ0) is 22.1. The molecule has 1 aliphatic heterocycles. The number of amides is 1. The van der Waals surface area contributed by atoms with Gasteiger partial charge in [0.2, 0.25) is 0 Å². The molecule has 1 saturated heterocycles. The second kappa shape index (κ2) is 13.9. The summed E-state index contributed by atoms with van der Waals surface area (Å²) in [5, 5.41) is 7.22. The number of halogens is 1. The van der Waals surface area contributed by atoms with Gasteiger partial charge in [0.1, 0.15) is 5.60 Å². The Morgan fingerprint density at radius 2 is 1.94 bits per heavy atom.